The molecule has 0 aliphatic heterocycles. The Morgan fingerprint density at radius 3 is 2.68 bits per heavy atom. The zero-order valence-electron chi connectivity index (χ0n) is 19.9. The maximum Gasteiger partial charge on any atom is 0.258 e. The molecule has 1 amide bonds. The number of H-pyrrole nitrogens is 1. The predicted octanol–water partition coefficient (Wildman–Crippen LogP) is 5.78. The minimum absolute atomic E-state index is 0.266. The van der Waals surface area contributed by atoms with Crippen LogP contribution in [0.1, 0.15) is 12.8 Å². The molecule has 1 aliphatic rings. The van der Waals surface area contributed by atoms with E-state index in [0.717, 1.165) is 27.0 Å². The Bertz CT molecular complexity index is 1580. The van der Waals surface area contributed by atoms with Crippen LogP contribution in [0.3, 0.4) is 0 Å². The Kier molecular flexibility index (Phi) is 6.20. The van der Waals surface area contributed by atoms with Crippen molar-refractivity contribution in [2.24, 2.45) is 0 Å². The van der Waals surface area contributed by atoms with Gasteiger partial charge in [-0.1, -0.05) is 24.3 Å². The number of benzene rings is 2. The SMILES string of the molecule is O=C(COc1cccc(-c2nc(Nc3ccc(-c4cn[nH]c4)cc3)c3sccc3n2)c1)NC1CC(F)(F)C1. The fourth-order valence-electron chi connectivity index (χ4n) is 4.28. The molecular formula is C27H22F2N6O2S. The van der Waals surface area contributed by atoms with Crippen LogP contribution in [-0.4, -0.2) is 44.6 Å². The van der Waals surface area contributed by atoms with Gasteiger partial charge in [-0.3, -0.25) is 9.89 Å². The molecule has 0 saturated heterocycles. The highest BCUT2D eigenvalue weighted by Crippen LogP contribution is 2.37. The summed E-state index contributed by atoms with van der Waals surface area (Å²) in [6, 6.07) is 16.5. The fourth-order valence-corrected chi connectivity index (χ4v) is 5.05. The number of hydrogen-bond acceptors (Lipinski definition) is 7. The molecule has 2 aromatic carbocycles. The van der Waals surface area contributed by atoms with Crippen LogP contribution in [0, 0.1) is 0 Å². The van der Waals surface area contributed by atoms with E-state index in [2.05, 4.69) is 20.8 Å². The molecule has 5 aromatic rings. The number of nitrogens with one attached hydrogen (secondary N) is 3. The van der Waals surface area contributed by atoms with E-state index in [4.69, 9.17) is 14.7 Å². The smallest absolute Gasteiger partial charge is 0.258 e. The average Bonchev–Trinajstić information content (AvgIpc) is 3.60. The van der Waals surface area contributed by atoms with Gasteiger partial charge in [-0.25, -0.2) is 18.7 Å². The number of ether oxygens (including phenoxy) is 1. The zero-order chi connectivity index (χ0) is 26.1. The summed E-state index contributed by atoms with van der Waals surface area (Å²) in [5.74, 6) is -1.49. The molecule has 1 aliphatic carbocycles. The van der Waals surface area contributed by atoms with Gasteiger partial charge in [-0.05, 0) is 41.3 Å². The Hall–Kier alpha value is -4.38. The standard InChI is InChI=1S/C27H22F2N6O2S/c28-27(29)11-20(12-27)32-23(36)15-37-21-3-1-2-17(10-21)25-34-22-8-9-38-24(22)26(35-25)33-19-6-4-16(5-7-19)18-13-30-31-14-18/h1-10,13-14,20H,11-12,15H2,(H,30,31)(H,32,36)(H,33,34,35). The molecule has 192 valence electrons. The first-order chi connectivity index (χ1) is 18.4. The third-order valence-electron chi connectivity index (χ3n) is 6.20. The number of nitrogens with zero attached hydrogens (tertiary/aromatic N) is 3. The van der Waals surface area contributed by atoms with Crippen LogP contribution in [0.5, 0.6) is 5.75 Å². The Morgan fingerprint density at radius 1 is 1.08 bits per heavy atom. The summed E-state index contributed by atoms with van der Waals surface area (Å²) in [6.45, 7) is -0.266. The monoisotopic (exact) mass is 532 g/mol. The van der Waals surface area contributed by atoms with Crippen molar-refractivity contribution in [2.45, 2.75) is 24.8 Å². The first-order valence-corrected chi connectivity index (χ1v) is 12.8. The van der Waals surface area contributed by atoms with Gasteiger partial charge in [0.2, 0.25) is 0 Å². The third-order valence-corrected chi connectivity index (χ3v) is 7.11. The minimum atomic E-state index is -2.69. The number of halogens is 2. The number of thiophene rings is 1. The number of aromatic amines is 1. The normalized spacial score (nSPS) is 14.7. The van der Waals surface area contributed by atoms with E-state index < -0.39 is 17.9 Å². The molecule has 3 N–H and O–H groups in total. The van der Waals surface area contributed by atoms with E-state index in [-0.39, 0.29) is 19.4 Å². The number of anilines is 2. The number of amides is 1. The van der Waals surface area contributed by atoms with E-state index in [1.807, 2.05) is 48.0 Å². The van der Waals surface area contributed by atoms with Crippen molar-refractivity contribution in [2.75, 3.05) is 11.9 Å². The Labute approximate surface area is 220 Å². The second kappa shape index (κ2) is 9.82. The molecule has 1 saturated carbocycles. The van der Waals surface area contributed by atoms with Crippen molar-refractivity contribution in [1.82, 2.24) is 25.5 Å². The molecule has 0 spiro atoms. The summed E-state index contributed by atoms with van der Waals surface area (Å²) in [5.41, 5.74) is 4.45. The molecule has 1 fully saturated rings. The molecule has 8 nitrogen and oxygen atoms in total. The first kappa shape index (κ1) is 24.0. The van der Waals surface area contributed by atoms with Gasteiger partial charge in [-0.2, -0.15) is 5.10 Å². The number of carbonyl (C=O) groups is 1. The molecule has 11 heteroatoms. The topological polar surface area (TPSA) is 105 Å². The largest absolute Gasteiger partial charge is 0.484 e. The van der Waals surface area contributed by atoms with Gasteiger partial charge in [0.1, 0.15) is 5.75 Å². The van der Waals surface area contributed by atoms with Crippen LogP contribution in [0.2, 0.25) is 0 Å². The zero-order valence-corrected chi connectivity index (χ0v) is 20.8. The van der Waals surface area contributed by atoms with E-state index >= 15 is 0 Å². The molecule has 3 heterocycles. The lowest BCUT2D eigenvalue weighted by Crippen LogP contribution is -2.51. The number of rotatable bonds is 8. The van der Waals surface area contributed by atoms with E-state index in [1.54, 1.807) is 35.7 Å². The highest BCUT2D eigenvalue weighted by Gasteiger charge is 2.45. The second-order valence-electron chi connectivity index (χ2n) is 9.07. The summed E-state index contributed by atoms with van der Waals surface area (Å²) in [6.07, 6.45) is 2.95. The van der Waals surface area contributed by atoms with Crippen LogP contribution in [0.25, 0.3) is 32.7 Å². The molecule has 3 aromatic heterocycles. The average molecular weight is 533 g/mol. The first-order valence-electron chi connectivity index (χ1n) is 11.9. The van der Waals surface area contributed by atoms with Crippen LogP contribution in [0.4, 0.5) is 20.3 Å². The van der Waals surface area contributed by atoms with Gasteiger partial charge in [0.25, 0.3) is 11.8 Å². The van der Waals surface area contributed by atoms with Crippen molar-refractivity contribution in [3.05, 3.63) is 72.4 Å². The molecule has 0 radical (unpaired) electrons. The highest BCUT2D eigenvalue weighted by molar-refractivity contribution is 7.17. The molecule has 0 unspecified atom stereocenters. The van der Waals surface area contributed by atoms with Crippen LogP contribution >= 0.6 is 11.3 Å². The maximum absolute atomic E-state index is 13.0. The Morgan fingerprint density at radius 2 is 1.92 bits per heavy atom. The second-order valence-corrected chi connectivity index (χ2v) is 9.98. The van der Waals surface area contributed by atoms with Gasteiger partial charge in [0.05, 0.1) is 16.4 Å². The van der Waals surface area contributed by atoms with Crippen molar-refractivity contribution in [3.8, 4) is 28.3 Å². The van der Waals surface area contributed by atoms with Crippen molar-refractivity contribution < 1.29 is 18.3 Å². The number of aromatic nitrogens is 4. The number of fused-ring (bicyclic) bond motifs is 1. The quantitative estimate of drug-likeness (QED) is 0.234. The fraction of sp³-hybridized carbons (Fsp3) is 0.185. The summed E-state index contributed by atoms with van der Waals surface area (Å²) in [7, 11) is 0. The van der Waals surface area contributed by atoms with Crippen molar-refractivity contribution in [1.29, 1.82) is 0 Å². The van der Waals surface area contributed by atoms with Gasteiger partial charge in [0, 0.05) is 41.9 Å². The molecule has 6 rings (SSSR count). The van der Waals surface area contributed by atoms with Crippen LogP contribution < -0.4 is 15.4 Å². The van der Waals surface area contributed by atoms with Crippen molar-refractivity contribution in [3.63, 3.8) is 0 Å². The minimum Gasteiger partial charge on any atom is -0.484 e. The third kappa shape index (κ3) is 5.18. The van der Waals surface area contributed by atoms with Crippen LogP contribution in [0.15, 0.2) is 72.4 Å². The molecule has 0 bridgehead atoms. The lowest BCUT2D eigenvalue weighted by molar-refractivity contribution is -0.131. The number of carbonyl (C=O) groups excluding carboxylic acids is 1. The predicted molar refractivity (Wildman–Crippen MR) is 142 cm³/mol. The van der Waals surface area contributed by atoms with E-state index in [0.29, 0.717) is 23.0 Å². The summed E-state index contributed by atoms with van der Waals surface area (Å²) in [5, 5.41) is 14.7. The van der Waals surface area contributed by atoms with E-state index in [9.17, 15) is 13.6 Å². The van der Waals surface area contributed by atoms with Crippen LogP contribution in [-0.2, 0) is 4.79 Å². The maximum atomic E-state index is 13.0. The highest BCUT2D eigenvalue weighted by atomic mass is 32.1. The summed E-state index contributed by atoms with van der Waals surface area (Å²) >= 11 is 1.55. The summed E-state index contributed by atoms with van der Waals surface area (Å²) < 4.78 is 32.5. The number of hydrogen-bond donors (Lipinski definition) is 3. The molecule has 0 atom stereocenters. The number of alkyl halides is 2. The van der Waals surface area contributed by atoms with Gasteiger partial charge < -0.3 is 15.4 Å². The van der Waals surface area contributed by atoms with Gasteiger partial charge in [0.15, 0.2) is 18.2 Å². The lowest BCUT2D eigenvalue weighted by atomic mass is 9.88. The van der Waals surface area contributed by atoms with Crippen molar-refractivity contribution >= 4 is 39.0 Å². The lowest BCUT2D eigenvalue weighted by Gasteiger charge is -2.35. The van der Waals surface area contributed by atoms with Gasteiger partial charge >= 0.3 is 0 Å². The van der Waals surface area contributed by atoms with E-state index in [1.165, 1.54) is 0 Å². The Balaban J connectivity index is 1.18. The molecule has 38 heavy (non-hydrogen) atoms. The summed E-state index contributed by atoms with van der Waals surface area (Å²) in [4.78, 5) is 21.6. The molecular weight excluding hydrogens is 510 g/mol. The van der Waals surface area contributed by atoms with Gasteiger partial charge in [-0.15, -0.1) is 11.3 Å².